The predicted octanol–water partition coefficient (Wildman–Crippen LogP) is 3.15. The zero-order valence-corrected chi connectivity index (χ0v) is 15.1. The lowest BCUT2D eigenvalue weighted by Crippen LogP contribution is -2.46. The van der Waals surface area contributed by atoms with Crippen LogP contribution >= 0.6 is 23.2 Å². The van der Waals surface area contributed by atoms with Crippen LogP contribution in [0.4, 0.5) is 4.79 Å². The summed E-state index contributed by atoms with van der Waals surface area (Å²) in [6, 6.07) is 3.84. The molecule has 1 aromatic carbocycles. The third-order valence-electron chi connectivity index (χ3n) is 3.77. The van der Waals surface area contributed by atoms with Gasteiger partial charge in [0.15, 0.2) is 0 Å². The molecule has 0 aliphatic carbocycles. The van der Waals surface area contributed by atoms with Crippen LogP contribution in [0, 0.1) is 0 Å². The molecule has 0 spiro atoms. The molecular weight excluding hydrogens is 355 g/mol. The lowest BCUT2D eigenvalue weighted by Gasteiger charge is -2.33. The molecule has 0 unspecified atom stereocenters. The zero-order valence-electron chi connectivity index (χ0n) is 13.6. The number of halogens is 2. The summed E-state index contributed by atoms with van der Waals surface area (Å²) in [6.45, 7) is 2.08. The number of carbonyl (C=O) groups is 2. The van der Waals surface area contributed by atoms with Crippen molar-refractivity contribution in [2.24, 2.45) is 0 Å². The van der Waals surface area contributed by atoms with Crippen molar-refractivity contribution in [1.29, 1.82) is 0 Å². The molecule has 0 aromatic heterocycles. The van der Waals surface area contributed by atoms with Crippen molar-refractivity contribution in [3.63, 3.8) is 0 Å². The normalized spacial score (nSPS) is 17.8. The maximum atomic E-state index is 12.5. The van der Waals surface area contributed by atoms with Crippen molar-refractivity contribution in [1.82, 2.24) is 10.2 Å². The monoisotopic (exact) mass is 372 g/mol. The Morgan fingerprint density at radius 1 is 1.33 bits per heavy atom. The number of hydrogen-bond donors (Lipinski definition) is 1. The molecule has 0 bridgehead atoms. The highest BCUT2D eigenvalue weighted by Crippen LogP contribution is 2.35. The van der Waals surface area contributed by atoms with E-state index < -0.39 is 12.0 Å². The highest BCUT2D eigenvalue weighted by molar-refractivity contribution is 6.35. The molecule has 1 heterocycles. The maximum absolute atomic E-state index is 12.5. The first-order valence-electron chi connectivity index (χ1n) is 7.22. The van der Waals surface area contributed by atoms with E-state index in [1.807, 2.05) is 0 Å². The fraction of sp³-hybridized carbons (Fsp3) is 0.375. The molecular formula is C16H18Cl2N2O4. The topological polar surface area (TPSA) is 67.9 Å². The average Bonchev–Trinajstić information content (AvgIpc) is 2.52. The van der Waals surface area contributed by atoms with Crippen molar-refractivity contribution in [2.75, 3.05) is 27.4 Å². The standard InChI is InChI=1S/C16H18Cl2N2O4/c1-9-13(15(21)24-7-6-23-3)14(19-16(22)20(9)2)11-5-4-10(17)8-12(11)18/h4-5,8,14H,6-7H2,1-3H3,(H,19,22)/t14-/m0/s1. The van der Waals surface area contributed by atoms with Crippen LogP contribution in [-0.4, -0.2) is 44.3 Å². The molecule has 1 aromatic rings. The van der Waals surface area contributed by atoms with E-state index in [0.29, 0.717) is 26.9 Å². The molecule has 1 N–H and O–H groups in total. The maximum Gasteiger partial charge on any atom is 0.338 e. The van der Waals surface area contributed by atoms with E-state index >= 15 is 0 Å². The predicted molar refractivity (Wildman–Crippen MR) is 91.0 cm³/mol. The van der Waals surface area contributed by atoms with Crippen LogP contribution < -0.4 is 5.32 Å². The molecule has 0 fully saturated rings. The summed E-state index contributed by atoms with van der Waals surface area (Å²) in [5, 5.41) is 3.58. The minimum absolute atomic E-state index is 0.116. The van der Waals surface area contributed by atoms with Gasteiger partial charge in [0, 0.05) is 29.9 Å². The van der Waals surface area contributed by atoms with Gasteiger partial charge >= 0.3 is 12.0 Å². The summed E-state index contributed by atoms with van der Waals surface area (Å²) in [4.78, 5) is 26.0. The Hall–Kier alpha value is -1.76. The molecule has 130 valence electrons. The van der Waals surface area contributed by atoms with Crippen LogP contribution in [-0.2, 0) is 14.3 Å². The van der Waals surface area contributed by atoms with E-state index in [9.17, 15) is 9.59 Å². The molecule has 2 amide bonds. The Bertz CT molecular complexity index is 691. The third-order valence-corrected chi connectivity index (χ3v) is 4.33. The summed E-state index contributed by atoms with van der Waals surface area (Å²) in [5.74, 6) is -0.535. The van der Waals surface area contributed by atoms with Gasteiger partial charge in [-0.25, -0.2) is 9.59 Å². The number of methoxy groups -OCH3 is 1. The Kier molecular flexibility index (Phi) is 6.10. The first kappa shape index (κ1) is 18.6. The Morgan fingerprint density at radius 3 is 2.67 bits per heavy atom. The van der Waals surface area contributed by atoms with Crippen molar-refractivity contribution < 1.29 is 19.1 Å². The van der Waals surface area contributed by atoms with Gasteiger partial charge in [0.05, 0.1) is 18.2 Å². The van der Waals surface area contributed by atoms with Gasteiger partial charge in [0.1, 0.15) is 6.61 Å². The molecule has 24 heavy (non-hydrogen) atoms. The van der Waals surface area contributed by atoms with Gasteiger partial charge in [-0.2, -0.15) is 0 Å². The number of ether oxygens (including phenoxy) is 2. The van der Waals surface area contributed by atoms with Crippen molar-refractivity contribution in [2.45, 2.75) is 13.0 Å². The van der Waals surface area contributed by atoms with E-state index in [2.05, 4.69) is 5.32 Å². The van der Waals surface area contributed by atoms with Gasteiger partial charge in [0.2, 0.25) is 0 Å². The highest BCUT2D eigenvalue weighted by Gasteiger charge is 2.35. The van der Waals surface area contributed by atoms with Crippen molar-refractivity contribution in [3.05, 3.63) is 45.1 Å². The molecule has 2 rings (SSSR count). The molecule has 0 saturated carbocycles. The van der Waals surface area contributed by atoms with Gasteiger partial charge in [-0.3, -0.25) is 0 Å². The fourth-order valence-corrected chi connectivity index (χ4v) is 2.88. The van der Waals surface area contributed by atoms with Gasteiger partial charge in [-0.05, 0) is 24.6 Å². The quantitative estimate of drug-likeness (QED) is 0.636. The van der Waals surface area contributed by atoms with Crippen LogP contribution in [0.2, 0.25) is 10.0 Å². The number of nitrogens with zero attached hydrogens (tertiary/aromatic N) is 1. The number of hydrogen-bond acceptors (Lipinski definition) is 4. The van der Waals surface area contributed by atoms with E-state index in [1.165, 1.54) is 12.0 Å². The van der Waals surface area contributed by atoms with E-state index in [-0.39, 0.29) is 19.2 Å². The van der Waals surface area contributed by atoms with Gasteiger partial charge in [-0.1, -0.05) is 29.3 Å². The molecule has 1 aliphatic rings. The molecule has 1 atom stereocenters. The molecule has 0 saturated heterocycles. The van der Waals surface area contributed by atoms with Crippen LogP contribution in [0.15, 0.2) is 29.5 Å². The molecule has 6 nitrogen and oxygen atoms in total. The number of carbonyl (C=O) groups excluding carboxylic acids is 2. The van der Waals surface area contributed by atoms with E-state index in [0.717, 1.165) is 0 Å². The van der Waals surface area contributed by atoms with Crippen LogP contribution in [0.5, 0.6) is 0 Å². The zero-order chi connectivity index (χ0) is 17.9. The highest BCUT2D eigenvalue weighted by atomic mass is 35.5. The number of esters is 1. The Labute approximate surface area is 150 Å². The molecule has 1 aliphatic heterocycles. The van der Waals surface area contributed by atoms with Crippen molar-refractivity contribution in [3.8, 4) is 0 Å². The minimum Gasteiger partial charge on any atom is -0.460 e. The summed E-state index contributed by atoms with van der Waals surface area (Å²) < 4.78 is 10.1. The number of urea groups is 1. The van der Waals surface area contributed by atoms with E-state index in [1.54, 1.807) is 32.2 Å². The Morgan fingerprint density at radius 2 is 2.04 bits per heavy atom. The minimum atomic E-state index is -0.714. The van der Waals surface area contributed by atoms with Crippen LogP contribution in [0.3, 0.4) is 0 Å². The number of rotatable bonds is 5. The summed E-state index contributed by atoms with van der Waals surface area (Å²) in [7, 11) is 3.09. The summed E-state index contributed by atoms with van der Waals surface area (Å²) >= 11 is 12.2. The van der Waals surface area contributed by atoms with Crippen LogP contribution in [0.25, 0.3) is 0 Å². The van der Waals surface area contributed by atoms with Gasteiger partial charge < -0.3 is 19.7 Å². The first-order chi connectivity index (χ1) is 11.4. The van der Waals surface area contributed by atoms with Crippen molar-refractivity contribution >= 4 is 35.2 Å². The van der Waals surface area contributed by atoms with Gasteiger partial charge in [-0.15, -0.1) is 0 Å². The largest absolute Gasteiger partial charge is 0.460 e. The number of benzene rings is 1. The third kappa shape index (κ3) is 3.83. The van der Waals surface area contributed by atoms with Crippen LogP contribution in [0.1, 0.15) is 18.5 Å². The number of allylic oxidation sites excluding steroid dienone is 1. The number of amides is 2. The second kappa shape index (κ2) is 7.88. The SMILES string of the molecule is COCCOC(=O)C1=C(C)N(C)C(=O)N[C@H]1c1ccc(Cl)cc1Cl. The van der Waals surface area contributed by atoms with E-state index in [4.69, 9.17) is 32.7 Å². The Balaban J connectivity index is 2.43. The second-order valence-electron chi connectivity index (χ2n) is 5.24. The second-order valence-corrected chi connectivity index (χ2v) is 6.08. The molecule has 8 heteroatoms. The average molecular weight is 373 g/mol. The fourth-order valence-electron chi connectivity index (χ4n) is 2.36. The van der Waals surface area contributed by atoms with Gasteiger partial charge in [0.25, 0.3) is 0 Å². The summed E-state index contributed by atoms with van der Waals surface area (Å²) in [5.41, 5.74) is 1.38. The molecule has 0 radical (unpaired) electrons. The number of nitrogens with one attached hydrogen (secondary N) is 1. The lowest BCUT2D eigenvalue weighted by molar-refractivity contribution is -0.140. The smallest absolute Gasteiger partial charge is 0.338 e. The first-order valence-corrected chi connectivity index (χ1v) is 7.98. The lowest BCUT2D eigenvalue weighted by atomic mass is 9.95. The summed E-state index contributed by atoms with van der Waals surface area (Å²) in [6.07, 6.45) is 0.